The number of benzene rings is 1. The highest BCUT2D eigenvalue weighted by Gasteiger charge is 2.27. The molecule has 2 amide bonds. The minimum absolute atomic E-state index is 0.00421. The number of fused-ring (bicyclic) bond motifs is 1. The zero-order chi connectivity index (χ0) is 16.4. The van der Waals surface area contributed by atoms with Gasteiger partial charge in [0, 0.05) is 38.7 Å². The van der Waals surface area contributed by atoms with E-state index in [0.29, 0.717) is 24.4 Å². The number of rotatable bonds is 3. The fourth-order valence-corrected chi connectivity index (χ4v) is 3.36. The molecule has 1 aromatic carbocycles. The van der Waals surface area contributed by atoms with Gasteiger partial charge in [0.2, 0.25) is 5.91 Å². The standard InChI is InChI=1S/C17H24N4O2/c1-18-10-12-5-8-21(11-12)17(23)13-3-4-15-14(9-13)19-16(22)6-7-20(15)2/h3-4,9,12,18H,5-8,10-11H2,1-2H3,(H,19,22). The van der Waals surface area contributed by atoms with Crippen molar-refractivity contribution in [2.75, 3.05) is 50.5 Å². The highest BCUT2D eigenvalue weighted by molar-refractivity contribution is 6.01. The summed E-state index contributed by atoms with van der Waals surface area (Å²) in [7, 11) is 3.90. The fourth-order valence-electron chi connectivity index (χ4n) is 3.36. The maximum Gasteiger partial charge on any atom is 0.253 e. The number of hydrogen-bond acceptors (Lipinski definition) is 4. The Morgan fingerprint density at radius 2 is 2.22 bits per heavy atom. The van der Waals surface area contributed by atoms with Crippen LogP contribution in [0.3, 0.4) is 0 Å². The first kappa shape index (κ1) is 15.8. The lowest BCUT2D eigenvalue weighted by atomic mass is 10.1. The van der Waals surface area contributed by atoms with Crippen LogP contribution in [0.25, 0.3) is 0 Å². The van der Waals surface area contributed by atoms with E-state index in [4.69, 9.17) is 0 Å². The van der Waals surface area contributed by atoms with Gasteiger partial charge in [-0.2, -0.15) is 0 Å². The molecule has 1 unspecified atom stereocenters. The average Bonchev–Trinajstić information content (AvgIpc) is 2.95. The molecular weight excluding hydrogens is 292 g/mol. The first-order valence-electron chi connectivity index (χ1n) is 8.17. The monoisotopic (exact) mass is 316 g/mol. The van der Waals surface area contributed by atoms with Gasteiger partial charge in [0.05, 0.1) is 11.4 Å². The minimum Gasteiger partial charge on any atom is -0.372 e. The van der Waals surface area contributed by atoms with Gasteiger partial charge in [-0.15, -0.1) is 0 Å². The summed E-state index contributed by atoms with van der Waals surface area (Å²) >= 11 is 0. The van der Waals surface area contributed by atoms with Crippen molar-refractivity contribution < 1.29 is 9.59 Å². The molecule has 0 saturated carbocycles. The molecule has 23 heavy (non-hydrogen) atoms. The molecule has 1 saturated heterocycles. The molecule has 3 rings (SSSR count). The second-order valence-electron chi connectivity index (χ2n) is 6.42. The van der Waals surface area contributed by atoms with E-state index in [1.807, 2.05) is 42.1 Å². The first-order chi connectivity index (χ1) is 11.1. The van der Waals surface area contributed by atoms with Crippen molar-refractivity contribution in [3.05, 3.63) is 23.8 Å². The predicted octanol–water partition coefficient (Wildman–Crippen LogP) is 1.15. The SMILES string of the molecule is CNCC1CCN(C(=O)c2ccc3c(c2)NC(=O)CCN3C)C1. The van der Waals surface area contributed by atoms with Gasteiger partial charge in [-0.3, -0.25) is 9.59 Å². The summed E-state index contributed by atoms with van der Waals surface area (Å²) in [5.74, 6) is 0.568. The molecule has 6 heteroatoms. The molecule has 1 fully saturated rings. The third-order valence-corrected chi connectivity index (χ3v) is 4.67. The van der Waals surface area contributed by atoms with Crippen molar-refractivity contribution in [2.24, 2.45) is 5.92 Å². The van der Waals surface area contributed by atoms with Crippen LogP contribution in [0.2, 0.25) is 0 Å². The number of amides is 2. The van der Waals surface area contributed by atoms with Crippen molar-refractivity contribution >= 4 is 23.2 Å². The van der Waals surface area contributed by atoms with Gasteiger partial charge in [0.1, 0.15) is 0 Å². The lowest BCUT2D eigenvalue weighted by Crippen LogP contribution is -2.30. The zero-order valence-electron chi connectivity index (χ0n) is 13.8. The molecule has 6 nitrogen and oxygen atoms in total. The Kier molecular flexibility index (Phi) is 4.52. The van der Waals surface area contributed by atoms with E-state index in [-0.39, 0.29) is 11.8 Å². The lowest BCUT2D eigenvalue weighted by Gasteiger charge is -2.20. The van der Waals surface area contributed by atoms with Crippen LogP contribution in [0.4, 0.5) is 11.4 Å². The first-order valence-corrected chi connectivity index (χ1v) is 8.17. The molecule has 1 atom stereocenters. The Bertz CT molecular complexity index is 617. The maximum absolute atomic E-state index is 12.7. The van der Waals surface area contributed by atoms with Gasteiger partial charge in [-0.1, -0.05) is 0 Å². The predicted molar refractivity (Wildman–Crippen MR) is 90.9 cm³/mol. The zero-order valence-corrected chi connectivity index (χ0v) is 13.8. The van der Waals surface area contributed by atoms with Gasteiger partial charge in [-0.05, 0) is 44.1 Å². The molecule has 2 heterocycles. The number of likely N-dealkylation sites (tertiary alicyclic amines) is 1. The topological polar surface area (TPSA) is 64.7 Å². The molecule has 124 valence electrons. The number of hydrogen-bond donors (Lipinski definition) is 2. The molecule has 2 N–H and O–H groups in total. The van der Waals surface area contributed by atoms with Crippen LogP contribution in [0.5, 0.6) is 0 Å². The second-order valence-corrected chi connectivity index (χ2v) is 6.42. The molecular formula is C17H24N4O2. The van der Waals surface area contributed by atoms with Gasteiger partial charge in [0.25, 0.3) is 5.91 Å². The molecule has 0 bridgehead atoms. The normalized spacial score (nSPS) is 21.0. The van der Waals surface area contributed by atoms with E-state index in [0.717, 1.165) is 37.4 Å². The Balaban J connectivity index is 1.79. The van der Waals surface area contributed by atoms with E-state index >= 15 is 0 Å². The number of nitrogens with one attached hydrogen (secondary N) is 2. The van der Waals surface area contributed by atoms with Crippen LogP contribution < -0.4 is 15.5 Å². The van der Waals surface area contributed by atoms with Crippen LogP contribution in [0, 0.1) is 5.92 Å². The summed E-state index contributed by atoms with van der Waals surface area (Å²) in [6.07, 6.45) is 1.50. The number of carbonyl (C=O) groups is 2. The quantitative estimate of drug-likeness (QED) is 0.878. The number of nitrogens with zero attached hydrogens (tertiary/aromatic N) is 2. The summed E-state index contributed by atoms with van der Waals surface area (Å²) in [5, 5.41) is 6.08. The fraction of sp³-hybridized carbons (Fsp3) is 0.529. The third kappa shape index (κ3) is 3.32. The summed E-state index contributed by atoms with van der Waals surface area (Å²) in [4.78, 5) is 28.5. The molecule has 2 aliphatic heterocycles. The van der Waals surface area contributed by atoms with Crippen LogP contribution >= 0.6 is 0 Å². The summed E-state index contributed by atoms with van der Waals surface area (Å²) in [6.45, 7) is 3.22. The van der Waals surface area contributed by atoms with Crippen molar-refractivity contribution in [3.63, 3.8) is 0 Å². The van der Waals surface area contributed by atoms with Crippen LogP contribution in [-0.2, 0) is 4.79 Å². The molecule has 0 spiro atoms. The Morgan fingerprint density at radius 1 is 1.39 bits per heavy atom. The summed E-state index contributed by atoms with van der Waals surface area (Å²) in [5.41, 5.74) is 2.33. The van der Waals surface area contributed by atoms with Gasteiger partial charge < -0.3 is 20.4 Å². The Morgan fingerprint density at radius 3 is 3.00 bits per heavy atom. The van der Waals surface area contributed by atoms with Crippen molar-refractivity contribution in [3.8, 4) is 0 Å². The lowest BCUT2D eigenvalue weighted by molar-refractivity contribution is -0.115. The molecule has 0 aromatic heterocycles. The molecule has 0 radical (unpaired) electrons. The van der Waals surface area contributed by atoms with Crippen molar-refractivity contribution in [2.45, 2.75) is 12.8 Å². The highest BCUT2D eigenvalue weighted by Crippen LogP contribution is 2.30. The molecule has 2 aliphatic rings. The van der Waals surface area contributed by atoms with Gasteiger partial charge >= 0.3 is 0 Å². The van der Waals surface area contributed by atoms with Gasteiger partial charge in [-0.25, -0.2) is 0 Å². The minimum atomic E-state index is -0.00421. The van der Waals surface area contributed by atoms with Gasteiger partial charge in [0.15, 0.2) is 0 Å². The van der Waals surface area contributed by atoms with E-state index in [1.165, 1.54) is 0 Å². The second kappa shape index (κ2) is 6.58. The Hall–Kier alpha value is -2.08. The molecule has 0 aliphatic carbocycles. The summed E-state index contributed by atoms with van der Waals surface area (Å²) < 4.78 is 0. The van der Waals surface area contributed by atoms with Crippen LogP contribution in [-0.4, -0.2) is 57.0 Å². The largest absolute Gasteiger partial charge is 0.372 e. The van der Waals surface area contributed by atoms with E-state index in [1.54, 1.807) is 0 Å². The maximum atomic E-state index is 12.7. The van der Waals surface area contributed by atoms with E-state index in [2.05, 4.69) is 10.6 Å². The van der Waals surface area contributed by atoms with Crippen molar-refractivity contribution in [1.29, 1.82) is 0 Å². The summed E-state index contributed by atoms with van der Waals surface area (Å²) in [6, 6.07) is 5.60. The van der Waals surface area contributed by atoms with Crippen LogP contribution in [0.15, 0.2) is 18.2 Å². The van der Waals surface area contributed by atoms with Crippen LogP contribution in [0.1, 0.15) is 23.2 Å². The number of carbonyl (C=O) groups excluding carboxylic acids is 2. The third-order valence-electron chi connectivity index (χ3n) is 4.67. The Labute approximate surface area is 136 Å². The average molecular weight is 316 g/mol. The molecule has 1 aromatic rings. The smallest absolute Gasteiger partial charge is 0.253 e. The number of anilines is 2. The van der Waals surface area contributed by atoms with E-state index in [9.17, 15) is 9.59 Å². The van der Waals surface area contributed by atoms with Crippen molar-refractivity contribution in [1.82, 2.24) is 10.2 Å². The van der Waals surface area contributed by atoms with E-state index < -0.39 is 0 Å². The highest BCUT2D eigenvalue weighted by atomic mass is 16.2.